The van der Waals surface area contributed by atoms with E-state index in [0.717, 1.165) is 0 Å². The van der Waals surface area contributed by atoms with Gasteiger partial charge in [0, 0.05) is 12.2 Å². The first-order chi connectivity index (χ1) is 8.95. The molecule has 0 spiro atoms. The molecule has 0 aliphatic heterocycles. The van der Waals surface area contributed by atoms with E-state index in [4.69, 9.17) is 4.74 Å². The zero-order valence-corrected chi connectivity index (χ0v) is 13.0. The van der Waals surface area contributed by atoms with E-state index in [1.165, 1.54) is 12.1 Å². The van der Waals surface area contributed by atoms with Crippen molar-refractivity contribution >= 4 is 21.8 Å². The summed E-state index contributed by atoms with van der Waals surface area (Å²) >= 11 is 3.06. The van der Waals surface area contributed by atoms with Crippen LogP contribution < -0.4 is 5.32 Å². The van der Waals surface area contributed by atoms with Crippen molar-refractivity contribution in [2.24, 2.45) is 5.92 Å². The average Bonchev–Trinajstić information content (AvgIpc) is 2.37. The Morgan fingerprint density at radius 3 is 2.68 bits per heavy atom. The molecule has 0 heterocycles. The second-order valence-corrected chi connectivity index (χ2v) is 5.47. The molecule has 19 heavy (non-hydrogen) atoms. The summed E-state index contributed by atoms with van der Waals surface area (Å²) in [6.45, 7) is 6.98. The summed E-state index contributed by atoms with van der Waals surface area (Å²) in [4.78, 5) is 12.0. The Balaban J connectivity index is 2.73. The van der Waals surface area contributed by atoms with Crippen LogP contribution in [0.1, 0.15) is 31.1 Å². The van der Waals surface area contributed by atoms with Gasteiger partial charge in [0.1, 0.15) is 5.82 Å². The van der Waals surface area contributed by atoms with Crippen LogP contribution in [0.15, 0.2) is 22.7 Å². The van der Waals surface area contributed by atoms with Gasteiger partial charge in [-0.1, -0.05) is 13.8 Å². The molecule has 1 atom stereocenters. The molecule has 5 heteroatoms. The van der Waals surface area contributed by atoms with Gasteiger partial charge in [-0.05, 0) is 47.0 Å². The Labute approximate surface area is 121 Å². The molecular formula is C14H19BrFNO2. The highest BCUT2D eigenvalue weighted by Crippen LogP contribution is 2.16. The lowest BCUT2D eigenvalue weighted by molar-refractivity contribution is 0.0806. The zero-order valence-electron chi connectivity index (χ0n) is 11.4. The van der Waals surface area contributed by atoms with Crippen LogP contribution in [0, 0.1) is 11.7 Å². The minimum Gasteiger partial charge on any atom is -0.380 e. The molecule has 106 valence electrons. The van der Waals surface area contributed by atoms with Crippen molar-refractivity contribution in [1.82, 2.24) is 5.32 Å². The standard InChI is InChI=1S/C14H19BrFNO2/c1-4-19-8-13(9(2)3)17-14(18)10-5-6-11(15)12(16)7-10/h5-7,9,13H,4,8H2,1-3H3,(H,17,18). The molecule has 0 fully saturated rings. The number of ether oxygens (including phenoxy) is 1. The van der Waals surface area contributed by atoms with Gasteiger partial charge in [0.05, 0.1) is 17.1 Å². The van der Waals surface area contributed by atoms with Gasteiger partial charge in [0.15, 0.2) is 0 Å². The van der Waals surface area contributed by atoms with E-state index in [2.05, 4.69) is 21.2 Å². The van der Waals surface area contributed by atoms with Crippen molar-refractivity contribution in [3.63, 3.8) is 0 Å². The molecule has 3 nitrogen and oxygen atoms in total. The van der Waals surface area contributed by atoms with Crippen LogP contribution in [0.4, 0.5) is 4.39 Å². The first-order valence-electron chi connectivity index (χ1n) is 6.29. The smallest absolute Gasteiger partial charge is 0.251 e. The van der Waals surface area contributed by atoms with Crippen molar-refractivity contribution in [3.05, 3.63) is 34.1 Å². The summed E-state index contributed by atoms with van der Waals surface area (Å²) in [5.74, 6) is -0.487. The number of halogens is 2. The predicted octanol–water partition coefficient (Wildman–Crippen LogP) is 3.38. The molecule has 0 aromatic heterocycles. The molecule has 0 bridgehead atoms. The molecule has 0 saturated heterocycles. The minimum atomic E-state index is -0.446. The lowest BCUT2D eigenvalue weighted by Gasteiger charge is -2.22. The first-order valence-corrected chi connectivity index (χ1v) is 7.08. The highest BCUT2D eigenvalue weighted by atomic mass is 79.9. The van der Waals surface area contributed by atoms with Crippen molar-refractivity contribution < 1.29 is 13.9 Å². The Morgan fingerprint density at radius 2 is 2.16 bits per heavy atom. The van der Waals surface area contributed by atoms with E-state index >= 15 is 0 Å². The Kier molecular flexibility index (Phi) is 6.45. The van der Waals surface area contributed by atoms with Gasteiger partial charge < -0.3 is 10.1 Å². The van der Waals surface area contributed by atoms with Gasteiger partial charge in [-0.3, -0.25) is 4.79 Å². The Morgan fingerprint density at radius 1 is 1.47 bits per heavy atom. The summed E-state index contributed by atoms with van der Waals surface area (Å²) in [6.07, 6.45) is 0. The van der Waals surface area contributed by atoms with Crippen LogP contribution in [-0.4, -0.2) is 25.2 Å². The third-order valence-electron chi connectivity index (χ3n) is 2.80. The van der Waals surface area contributed by atoms with Gasteiger partial charge in [0.2, 0.25) is 0 Å². The SMILES string of the molecule is CCOCC(NC(=O)c1ccc(Br)c(F)c1)C(C)C. The zero-order chi connectivity index (χ0) is 14.4. The fraction of sp³-hybridized carbons (Fsp3) is 0.500. The van der Waals surface area contributed by atoms with Crippen LogP contribution in [0.2, 0.25) is 0 Å². The summed E-state index contributed by atoms with van der Waals surface area (Å²) in [5, 5.41) is 2.87. The van der Waals surface area contributed by atoms with Crippen LogP contribution >= 0.6 is 15.9 Å². The number of carbonyl (C=O) groups is 1. The van der Waals surface area contributed by atoms with Crippen LogP contribution in [0.5, 0.6) is 0 Å². The number of nitrogens with one attached hydrogen (secondary N) is 1. The molecule has 0 aliphatic rings. The van der Waals surface area contributed by atoms with Crippen molar-refractivity contribution in [2.45, 2.75) is 26.8 Å². The third-order valence-corrected chi connectivity index (χ3v) is 3.45. The average molecular weight is 332 g/mol. The second kappa shape index (κ2) is 7.60. The maximum absolute atomic E-state index is 13.4. The van der Waals surface area contributed by atoms with E-state index in [-0.39, 0.29) is 17.9 Å². The van der Waals surface area contributed by atoms with E-state index in [0.29, 0.717) is 23.2 Å². The third kappa shape index (κ3) is 4.91. The number of benzene rings is 1. The number of amides is 1. The minimum absolute atomic E-state index is 0.0841. The monoisotopic (exact) mass is 331 g/mol. The normalized spacial score (nSPS) is 12.5. The summed E-state index contributed by atoms with van der Waals surface area (Å²) in [5.41, 5.74) is 0.308. The fourth-order valence-electron chi connectivity index (χ4n) is 1.53. The van der Waals surface area contributed by atoms with Gasteiger partial charge >= 0.3 is 0 Å². The van der Waals surface area contributed by atoms with Gasteiger partial charge in [0.25, 0.3) is 5.91 Å². The molecule has 1 rings (SSSR count). The molecule has 1 N–H and O–H groups in total. The first kappa shape index (κ1) is 16.1. The molecular weight excluding hydrogens is 313 g/mol. The summed E-state index contributed by atoms with van der Waals surface area (Å²) in [7, 11) is 0. The van der Waals surface area contributed by atoms with Crippen LogP contribution in [0.25, 0.3) is 0 Å². The number of carbonyl (C=O) groups excluding carboxylic acids is 1. The van der Waals surface area contributed by atoms with E-state index < -0.39 is 5.82 Å². The van der Waals surface area contributed by atoms with Crippen molar-refractivity contribution in [1.29, 1.82) is 0 Å². The molecule has 1 aromatic carbocycles. The van der Waals surface area contributed by atoms with Gasteiger partial charge in [-0.2, -0.15) is 0 Å². The van der Waals surface area contributed by atoms with E-state index in [1.54, 1.807) is 6.07 Å². The van der Waals surface area contributed by atoms with Crippen LogP contribution in [-0.2, 0) is 4.74 Å². The van der Waals surface area contributed by atoms with Gasteiger partial charge in [-0.15, -0.1) is 0 Å². The Hall–Kier alpha value is -0.940. The number of hydrogen-bond acceptors (Lipinski definition) is 2. The largest absolute Gasteiger partial charge is 0.380 e. The highest BCUT2D eigenvalue weighted by molar-refractivity contribution is 9.10. The molecule has 0 radical (unpaired) electrons. The maximum atomic E-state index is 13.4. The lowest BCUT2D eigenvalue weighted by Crippen LogP contribution is -2.41. The number of hydrogen-bond donors (Lipinski definition) is 1. The molecule has 1 amide bonds. The highest BCUT2D eigenvalue weighted by Gasteiger charge is 2.18. The summed E-state index contributed by atoms with van der Waals surface area (Å²) in [6, 6.07) is 4.24. The van der Waals surface area contributed by atoms with E-state index in [9.17, 15) is 9.18 Å². The van der Waals surface area contributed by atoms with Crippen LogP contribution in [0.3, 0.4) is 0 Å². The summed E-state index contributed by atoms with van der Waals surface area (Å²) < 4.78 is 19.1. The number of rotatable bonds is 6. The molecule has 0 saturated carbocycles. The predicted molar refractivity (Wildman–Crippen MR) is 76.7 cm³/mol. The quantitative estimate of drug-likeness (QED) is 0.867. The molecule has 1 aromatic rings. The van der Waals surface area contributed by atoms with E-state index in [1.807, 2.05) is 20.8 Å². The second-order valence-electron chi connectivity index (χ2n) is 4.61. The molecule has 1 unspecified atom stereocenters. The molecule has 0 aliphatic carbocycles. The van der Waals surface area contributed by atoms with Gasteiger partial charge in [-0.25, -0.2) is 4.39 Å². The van der Waals surface area contributed by atoms with Crippen molar-refractivity contribution in [3.8, 4) is 0 Å². The Bertz CT molecular complexity index is 437. The van der Waals surface area contributed by atoms with Crippen molar-refractivity contribution in [2.75, 3.05) is 13.2 Å². The maximum Gasteiger partial charge on any atom is 0.251 e. The topological polar surface area (TPSA) is 38.3 Å². The lowest BCUT2D eigenvalue weighted by atomic mass is 10.0. The fourth-order valence-corrected chi connectivity index (χ4v) is 1.78.